The fourth-order valence-corrected chi connectivity index (χ4v) is 2.22. The molecule has 0 saturated carbocycles. The Hall–Kier alpha value is -1.62. The summed E-state index contributed by atoms with van der Waals surface area (Å²) in [5, 5.41) is 5.65. The van der Waals surface area contributed by atoms with Crippen LogP contribution in [0, 0.1) is 5.82 Å². The molecule has 2 N–H and O–H groups in total. The summed E-state index contributed by atoms with van der Waals surface area (Å²) in [5.74, 6) is -0.804. The molecule has 0 aromatic heterocycles. The third kappa shape index (κ3) is 3.67. The van der Waals surface area contributed by atoms with E-state index in [1.807, 2.05) is 0 Å². The molecular weight excluding hydrogens is 271 g/mol. The van der Waals surface area contributed by atoms with Gasteiger partial charge in [0, 0.05) is 29.6 Å². The van der Waals surface area contributed by atoms with Gasteiger partial charge in [0.1, 0.15) is 5.82 Å². The van der Waals surface area contributed by atoms with E-state index in [0.29, 0.717) is 19.4 Å². The fraction of sp³-hybridized carbons (Fsp3) is 0.385. The molecule has 0 bridgehead atoms. The second kappa shape index (κ2) is 6.02. The van der Waals surface area contributed by atoms with Gasteiger partial charge in [0.25, 0.3) is 0 Å². The van der Waals surface area contributed by atoms with Crippen LogP contribution in [0.4, 0.5) is 4.39 Å². The van der Waals surface area contributed by atoms with Gasteiger partial charge in [0.15, 0.2) is 0 Å². The molecule has 1 aromatic carbocycles. The molecule has 0 aliphatic carbocycles. The summed E-state index contributed by atoms with van der Waals surface area (Å²) in [6.45, 7) is 0.358. The summed E-state index contributed by atoms with van der Waals surface area (Å²) in [5.41, 5.74) is 0.192. The average molecular weight is 285 g/mol. The monoisotopic (exact) mass is 284 g/mol. The van der Waals surface area contributed by atoms with E-state index < -0.39 is 5.82 Å². The molecule has 2 rings (SSSR count). The highest BCUT2D eigenvalue weighted by atomic mass is 35.5. The van der Waals surface area contributed by atoms with Crippen LogP contribution < -0.4 is 10.6 Å². The van der Waals surface area contributed by atoms with Crippen LogP contribution in [0.5, 0.6) is 0 Å². The van der Waals surface area contributed by atoms with Crippen molar-refractivity contribution in [3.05, 3.63) is 34.6 Å². The van der Waals surface area contributed by atoms with Crippen molar-refractivity contribution in [1.29, 1.82) is 0 Å². The molecule has 1 aliphatic rings. The molecule has 0 radical (unpaired) electrons. The molecule has 1 heterocycles. The highest BCUT2D eigenvalue weighted by Crippen LogP contribution is 2.19. The predicted molar refractivity (Wildman–Crippen MR) is 69.3 cm³/mol. The van der Waals surface area contributed by atoms with E-state index in [0.717, 1.165) is 0 Å². The van der Waals surface area contributed by atoms with E-state index in [1.54, 1.807) is 6.07 Å². The molecule has 1 unspecified atom stereocenters. The van der Waals surface area contributed by atoms with Crippen molar-refractivity contribution >= 4 is 23.4 Å². The summed E-state index contributed by atoms with van der Waals surface area (Å²) in [6.07, 6.45) is 1.09. The third-order valence-corrected chi connectivity index (χ3v) is 3.38. The number of halogens is 2. The lowest BCUT2D eigenvalue weighted by Gasteiger charge is -2.12. The number of benzene rings is 1. The van der Waals surface area contributed by atoms with E-state index in [4.69, 9.17) is 11.6 Å². The summed E-state index contributed by atoms with van der Waals surface area (Å²) < 4.78 is 13.5. The van der Waals surface area contributed by atoms with E-state index in [1.165, 1.54) is 12.1 Å². The van der Waals surface area contributed by atoms with Crippen LogP contribution in [0.3, 0.4) is 0 Å². The quantitative estimate of drug-likeness (QED) is 0.878. The SMILES string of the molecule is O=C(Cc1c(F)cccc1Cl)NCC1CCC(=O)N1. The normalized spacial score (nSPS) is 18.2. The second-order valence-electron chi connectivity index (χ2n) is 4.48. The number of amides is 2. The molecule has 4 nitrogen and oxygen atoms in total. The van der Waals surface area contributed by atoms with E-state index in [9.17, 15) is 14.0 Å². The van der Waals surface area contributed by atoms with Crippen molar-refractivity contribution in [2.24, 2.45) is 0 Å². The van der Waals surface area contributed by atoms with Crippen LogP contribution in [-0.4, -0.2) is 24.4 Å². The van der Waals surface area contributed by atoms with Gasteiger partial charge in [-0.15, -0.1) is 0 Å². The van der Waals surface area contributed by atoms with Crippen LogP contribution in [0.25, 0.3) is 0 Å². The first-order chi connectivity index (χ1) is 9.06. The maximum absolute atomic E-state index is 13.5. The van der Waals surface area contributed by atoms with Gasteiger partial charge in [0.2, 0.25) is 11.8 Å². The van der Waals surface area contributed by atoms with Crippen LogP contribution in [-0.2, 0) is 16.0 Å². The second-order valence-corrected chi connectivity index (χ2v) is 4.89. The Bertz CT molecular complexity index is 487. The molecule has 1 saturated heterocycles. The third-order valence-electron chi connectivity index (χ3n) is 3.03. The average Bonchev–Trinajstić information content (AvgIpc) is 2.77. The number of nitrogens with one attached hydrogen (secondary N) is 2. The number of carbonyl (C=O) groups excluding carboxylic acids is 2. The number of carbonyl (C=O) groups is 2. The standard InChI is InChI=1S/C13H14ClFN2O2/c14-10-2-1-3-11(15)9(10)6-13(19)16-7-8-4-5-12(18)17-8/h1-3,8H,4-7H2,(H,16,19)(H,17,18). The molecule has 19 heavy (non-hydrogen) atoms. The lowest BCUT2D eigenvalue weighted by atomic mass is 10.1. The van der Waals surface area contributed by atoms with Gasteiger partial charge in [-0.05, 0) is 18.6 Å². The van der Waals surface area contributed by atoms with Gasteiger partial charge in [0.05, 0.1) is 6.42 Å². The zero-order chi connectivity index (χ0) is 13.8. The first-order valence-corrected chi connectivity index (χ1v) is 6.43. The lowest BCUT2D eigenvalue weighted by molar-refractivity contribution is -0.121. The molecular formula is C13H14ClFN2O2. The molecule has 2 amide bonds. The first kappa shape index (κ1) is 13.8. The maximum Gasteiger partial charge on any atom is 0.224 e. The summed E-state index contributed by atoms with van der Waals surface area (Å²) in [6, 6.07) is 4.27. The smallest absolute Gasteiger partial charge is 0.224 e. The van der Waals surface area contributed by atoms with E-state index in [-0.39, 0.29) is 34.9 Å². The van der Waals surface area contributed by atoms with Gasteiger partial charge >= 0.3 is 0 Å². The predicted octanol–water partition coefficient (Wildman–Crippen LogP) is 1.42. The Kier molecular flexibility index (Phi) is 4.37. The van der Waals surface area contributed by atoms with Crippen LogP contribution in [0.2, 0.25) is 5.02 Å². The lowest BCUT2D eigenvalue weighted by Crippen LogP contribution is -2.39. The molecule has 1 fully saturated rings. The Morgan fingerprint density at radius 2 is 2.32 bits per heavy atom. The molecule has 0 spiro atoms. The van der Waals surface area contributed by atoms with Crippen molar-refractivity contribution in [2.45, 2.75) is 25.3 Å². The Balaban J connectivity index is 1.86. The zero-order valence-electron chi connectivity index (χ0n) is 10.2. The minimum absolute atomic E-state index is 0.00334. The van der Waals surface area contributed by atoms with Gasteiger partial charge in [-0.1, -0.05) is 17.7 Å². The minimum Gasteiger partial charge on any atom is -0.354 e. The first-order valence-electron chi connectivity index (χ1n) is 6.05. The number of hydrogen-bond acceptors (Lipinski definition) is 2. The van der Waals surface area contributed by atoms with Crippen LogP contribution in [0.1, 0.15) is 18.4 Å². The van der Waals surface area contributed by atoms with E-state index >= 15 is 0 Å². The highest BCUT2D eigenvalue weighted by molar-refractivity contribution is 6.31. The molecule has 1 aromatic rings. The van der Waals surface area contributed by atoms with Gasteiger partial charge in [-0.25, -0.2) is 4.39 Å². The minimum atomic E-state index is -0.489. The summed E-state index contributed by atoms with van der Waals surface area (Å²) >= 11 is 5.84. The summed E-state index contributed by atoms with van der Waals surface area (Å²) in [4.78, 5) is 22.7. The highest BCUT2D eigenvalue weighted by Gasteiger charge is 2.21. The van der Waals surface area contributed by atoms with E-state index in [2.05, 4.69) is 10.6 Å². The molecule has 1 atom stereocenters. The summed E-state index contributed by atoms with van der Waals surface area (Å²) in [7, 11) is 0. The Labute approximate surface area is 115 Å². The fourth-order valence-electron chi connectivity index (χ4n) is 1.99. The molecule has 6 heteroatoms. The maximum atomic E-state index is 13.5. The topological polar surface area (TPSA) is 58.2 Å². The van der Waals surface area contributed by atoms with Crippen molar-refractivity contribution < 1.29 is 14.0 Å². The zero-order valence-corrected chi connectivity index (χ0v) is 11.0. The van der Waals surface area contributed by atoms with Crippen molar-refractivity contribution in [1.82, 2.24) is 10.6 Å². The van der Waals surface area contributed by atoms with Crippen LogP contribution >= 0.6 is 11.6 Å². The van der Waals surface area contributed by atoms with Gasteiger partial charge < -0.3 is 10.6 Å². The molecule has 1 aliphatic heterocycles. The van der Waals surface area contributed by atoms with Gasteiger partial charge in [-0.3, -0.25) is 9.59 Å². The van der Waals surface area contributed by atoms with Crippen molar-refractivity contribution in [3.8, 4) is 0 Å². The number of hydrogen-bond donors (Lipinski definition) is 2. The Morgan fingerprint density at radius 3 is 2.95 bits per heavy atom. The largest absolute Gasteiger partial charge is 0.354 e. The Morgan fingerprint density at radius 1 is 1.53 bits per heavy atom. The van der Waals surface area contributed by atoms with Gasteiger partial charge in [-0.2, -0.15) is 0 Å². The van der Waals surface area contributed by atoms with Crippen molar-refractivity contribution in [3.63, 3.8) is 0 Å². The van der Waals surface area contributed by atoms with Crippen molar-refractivity contribution in [2.75, 3.05) is 6.54 Å². The molecule has 102 valence electrons. The number of rotatable bonds is 4. The van der Waals surface area contributed by atoms with Crippen LogP contribution in [0.15, 0.2) is 18.2 Å².